The smallest absolute Gasteiger partial charge is 0.293 e. The van der Waals surface area contributed by atoms with Crippen LogP contribution in [0.2, 0.25) is 0 Å². The molecule has 0 amide bonds. The lowest BCUT2D eigenvalue weighted by Crippen LogP contribution is -2.06. The summed E-state index contributed by atoms with van der Waals surface area (Å²) in [5, 5.41) is 8.30. The molecule has 0 aliphatic rings. The first-order valence-electron chi connectivity index (χ1n) is 7.56. The molecule has 1 N–H and O–H groups in total. The van der Waals surface area contributed by atoms with Crippen LogP contribution in [0.15, 0.2) is 47.4 Å². The first-order valence-corrected chi connectivity index (χ1v) is 9.00. The lowest BCUT2D eigenvalue weighted by atomic mass is 10.2. The maximum absolute atomic E-state index is 12.8. The van der Waals surface area contributed by atoms with Crippen LogP contribution in [0.25, 0.3) is 27.8 Å². The molecular formula is C16H11F3N4O3S. The molecule has 4 aromatic rings. The SMILES string of the molecule is Cn1nnc2c3cc(S(=O)(=O)O)ccc3n(-c3ccc(C(F)(F)F)cc3)c21. The Kier molecular flexibility index (Phi) is 3.59. The minimum absolute atomic E-state index is 0.313. The van der Waals surface area contributed by atoms with Gasteiger partial charge in [0.1, 0.15) is 5.52 Å². The average Bonchev–Trinajstić information content (AvgIpc) is 3.11. The van der Waals surface area contributed by atoms with E-state index in [2.05, 4.69) is 10.3 Å². The summed E-state index contributed by atoms with van der Waals surface area (Å²) in [4.78, 5) is -0.313. The van der Waals surface area contributed by atoms with Crippen molar-refractivity contribution in [1.82, 2.24) is 19.6 Å². The molecule has 0 fully saturated rings. The van der Waals surface area contributed by atoms with Gasteiger partial charge in [-0.05, 0) is 42.5 Å². The molecule has 2 heterocycles. The van der Waals surface area contributed by atoms with Gasteiger partial charge in [0, 0.05) is 18.1 Å². The number of hydrogen-bond donors (Lipinski definition) is 1. The number of hydrogen-bond acceptors (Lipinski definition) is 4. The molecular weight excluding hydrogens is 385 g/mol. The highest BCUT2D eigenvalue weighted by Gasteiger charge is 2.30. The van der Waals surface area contributed by atoms with Crippen molar-refractivity contribution in [3.63, 3.8) is 0 Å². The van der Waals surface area contributed by atoms with Gasteiger partial charge in [0.2, 0.25) is 0 Å². The van der Waals surface area contributed by atoms with Crippen molar-refractivity contribution < 1.29 is 26.1 Å². The monoisotopic (exact) mass is 396 g/mol. The van der Waals surface area contributed by atoms with Gasteiger partial charge in [0.25, 0.3) is 10.1 Å². The van der Waals surface area contributed by atoms with Gasteiger partial charge in [0.15, 0.2) is 5.65 Å². The molecule has 0 saturated heterocycles. The van der Waals surface area contributed by atoms with Crippen LogP contribution >= 0.6 is 0 Å². The normalized spacial score (nSPS) is 12.9. The Morgan fingerprint density at radius 2 is 1.74 bits per heavy atom. The first kappa shape index (κ1) is 17.5. The van der Waals surface area contributed by atoms with Gasteiger partial charge in [-0.1, -0.05) is 5.21 Å². The van der Waals surface area contributed by atoms with Crippen molar-refractivity contribution in [2.24, 2.45) is 7.05 Å². The topological polar surface area (TPSA) is 90.0 Å². The molecule has 0 aliphatic carbocycles. The summed E-state index contributed by atoms with van der Waals surface area (Å²) in [6, 6.07) is 8.47. The number of benzene rings is 2. The summed E-state index contributed by atoms with van der Waals surface area (Å²) in [5.41, 5.74) is 0.983. The van der Waals surface area contributed by atoms with Crippen molar-refractivity contribution >= 4 is 32.2 Å². The standard InChI is InChI=1S/C16H11F3N4O3S/c1-22-15-14(20-21-22)12-8-11(27(24,25)26)6-7-13(12)23(15)10-4-2-9(3-5-10)16(17,18)19/h2-8H,1H3,(H,24,25,26). The number of rotatable bonds is 2. The van der Waals surface area contributed by atoms with E-state index in [0.29, 0.717) is 27.8 Å². The van der Waals surface area contributed by atoms with Gasteiger partial charge >= 0.3 is 6.18 Å². The summed E-state index contributed by atoms with van der Waals surface area (Å²) in [6.45, 7) is 0. The lowest BCUT2D eigenvalue weighted by molar-refractivity contribution is -0.137. The fraction of sp³-hybridized carbons (Fsp3) is 0.125. The third-order valence-electron chi connectivity index (χ3n) is 4.22. The molecule has 7 nitrogen and oxygen atoms in total. The zero-order chi connectivity index (χ0) is 19.6. The third kappa shape index (κ3) is 2.75. The van der Waals surface area contributed by atoms with Gasteiger partial charge in [-0.25, -0.2) is 4.68 Å². The molecule has 27 heavy (non-hydrogen) atoms. The minimum Gasteiger partial charge on any atom is -0.293 e. The largest absolute Gasteiger partial charge is 0.416 e. The number of halogens is 3. The zero-order valence-electron chi connectivity index (χ0n) is 13.6. The number of aromatic nitrogens is 4. The summed E-state index contributed by atoms with van der Waals surface area (Å²) >= 11 is 0. The molecule has 0 radical (unpaired) electrons. The van der Waals surface area contributed by atoms with Gasteiger partial charge in [-0.3, -0.25) is 9.12 Å². The predicted molar refractivity (Wildman–Crippen MR) is 90.2 cm³/mol. The molecule has 0 saturated carbocycles. The van der Waals surface area contributed by atoms with Crippen molar-refractivity contribution in [2.45, 2.75) is 11.1 Å². The predicted octanol–water partition coefficient (Wildman–Crippen LogP) is 3.18. The first-order chi connectivity index (χ1) is 12.6. The second-order valence-corrected chi connectivity index (χ2v) is 7.34. The van der Waals surface area contributed by atoms with Crippen molar-refractivity contribution in [3.8, 4) is 5.69 Å². The van der Waals surface area contributed by atoms with Crippen LogP contribution in [0.4, 0.5) is 13.2 Å². The van der Waals surface area contributed by atoms with E-state index in [1.165, 1.54) is 35.0 Å². The Hall–Kier alpha value is -2.92. The highest BCUT2D eigenvalue weighted by atomic mass is 32.2. The summed E-state index contributed by atoms with van der Waals surface area (Å²) < 4.78 is 73.7. The summed E-state index contributed by atoms with van der Waals surface area (Å²) in [6.07, 6.45) is -4.45. The van der Waals surface area contributed by atoms with E-state index < -0.39 is 21.9 Å². The maximum Gasteiger partial charge on any atom is 0.416 e. The van der Waals surface area contributed by atoms with E-state index in [1.54, 1.807) is 11.6 Å². The van der Waals surface area contributed by atoms with E-state index >= 15 is 0 Å². The van der Waals surface area contributed by atoms with Gasteiger partial charge < -0.3 is 0 Å². The molecule has 0 atom stereocenters. The van der Waals surface area contributed by atoms with E-state index in [4.69, 9.17) is 0 Å². The van der Waals surface area contributed by atoms with E-state index in [-0.39, 0.29) is 4.90 Å². The van der Waals surface area contributed by atoms with Crippen LogP contribution in [-0.4, -0.2) is 32.5 Å². The van der Waals surface area contributed by atoms with Crippen LogP contribution in [0, 0.1) is 0 Å². The van der Waals surface area contributed by atoms with Crippen LogP contribution in [0.5, 0.6) is 0 Å². The number of fused-ring (bicyclic) bond motifs is 3. The van der Waals surface area contributed by atoms with E-state index in [9.17, 15) is 26.1 Å². The Labute approximate surface area is 150 Å². The Bertz CT molecular complexity index is 1290. The summed E-state index contributed by atoms with van der Waals surface area (Å²) in [5.74, 6) is 0. The minimum atomic E-state index is -4.45. The average molecular weight is 396 g/mol. The molecule has 11 heteroatoms. The molecule has 140 valence electrons. The molecule has 2 aromatic heterocycles. The molecule has 0 aliphatic heterocycles. The van der Waals surface area contributed by atoms with Gasteiger partial charge in [-0.15, -0.1) is 5.10 Å². The molecule has 0 unspecified atom stereocenters. The summed E-state index contributed by atoms with van der Waals surface area (Å²) in [7, 11) is -2.81. The van der Waals surface area contributed by atoms with Crippen LogP contribution in [0.1, 0.15) is 5.56 Å². The van der Waals surface area contributed by atoms with Gasteiger partial charge in [-0.2, -0.15) is 21.6 Å². The molecule has 0 spiro atoms. The van der Waals surface area contributed by atoms with Crippen molar-refractivity contribution in [3.05, 3.63) is 48.0 Å². The number of nitrogens with zero attached hydrogens (tertiary/aromatic N) is 4. The molecule has 4 rings (SSSR count). The Balaban J connectivity index is 2.03. The Morgan fingerprint density at radius 1 is 1.07 bits per heavy atom. The van der Waals surface area contributed by atoms with E-state index in [1.807, 2.05) is 0 Å². The fourth-order valence-corrected chi connectivity index (χ4v) is 3.52. The van der Waals surface area contributed by atoms with Crippen LogP contribution in [-0.2, 0) is 23.3 Å². The van der Waals surface area contributed by atoms with Crippen LogP contribution < -0.4 is 0 Å². The van der Waals surface area contributed by atoms with Crippen LogP contribution in [0.3, 0.4) is 0 Å². The van der Waals surface area contributed by atoms with E-state index in [0.717, 1.165) is 12.1 Å². The lowest BCUT2D eigenvalue weighted by Gasteiger charge is -2.10. The molecule has 2 aromatic carbocycles. The quantitative estimate of drug-likeness (QED) is 0.526. The highest BCUT2D eigenvalue weighted by molar-refractivity contribution is 7.85. The maximum atomic E-state index is 12.8. The van der Waals surface area contributed by atoms with Crippen molar-refractivity contribution in [2.75, 3.05) is 0 Å². The molecule has 0 bridgehead atoms. The third-order valence-corrected chi connectivity index (χ3v) is 5.07. The second-order valence-electron chi connectivity index (χ2n) is 5.92. The van der Waals surface area contributed by atoms with Gasteiger partial charge in [0.05, 0.1) is 16.0 Å². The van der Waals surface area contributed by atoms with Crippen molar-refractivity contribution in [1.29, 1.82) is 0 Å². The number of alkyl halides is 3. The number of aryl methyl sites for hydroxylation is 1. The Morgan fingerprint density at radius 3 is 2.33 bits per heavy atom. The second kappa shape index (κ2) is 5.54. The fourth-order valence-electron chi connectivity index (χ4n) is 3.01. The highest BCUT2D eigenvalue weighted by Crippen LogP contribution is 2.34. The zero-order valence-corrected chi connectivity index (χ0v) is 14.5.